The van der Waals surface area contributed by atoms with E-state index in [1.165, 1.54) is 0 Å². The second-order valence-corrected chi connectivity index (χ2v) is 6.47. The van der Waals surface area contributed by atoms with Gasteiger partial charge in [0.25, 0.3) is 11.7 Å². The van der Waals surface area contributed by atoms with E-state index in [4.69, 9.17) is 0 Å². The van der Waals surface area contributed by atoms with Gasteiger partial charge in [-0.3, -0.25) is 9.59 Å². The number of anilines is 1. The molecule has 6 nitrogen and oxygen atoms in total. The highest BCUT2D eigenvalue weighted by Gasteiger charge is 2.28. The highest BCUT2D eigenvalue weighted by Crippen LogP contribution is 2.22. The Morgan fingerprint density at radius 3 is 2.42 bits per heavy atom. The molecule has 0 atom stereocenters. The van der Waals surface area contributed by atoms with E-state index >= 15 is 0 Å². The zero-order valence-corrected chi connectivity index (χ0v) is 14.6. The Morgan fingerprint density at radius 2 is 1.69 bits per heavy atom. The fraction of sp³-hybridized carbons (Fsp3) is 0.250. The van der Waals surface area contributed by atoms with Crippen molar-refractivity contribution in [3.63, 3.8) is 0 Å². The lowest BCUT2D eigenvalue weighted by molar-refractivity contribution is -0.126. The minimum absolute atomic E-state index is 0.429. The van der Waals surface area contributed by atoms with Crippen molar-refractivity contribution in [2.24, 2.45) is 7.05 Å². The van der Waals surface area contributed by atoms with E-state index in [9.17, 15) is 9.59 Å². The zero-order chi connectivity index (χ0) is 18.1. The number of amides is 1. The average Bonchev–Trinajstić information content (AvgIpc) is 3.05. The van der Waals surface area contributed by atoms with Gasteiger partial charge in [0.15, 0.2) is 0 Å². The summed E-state index contributed by atoms with van der Waals surface area (Å²) in [6.45, 7) is 2.38. The maximum Gasteiger partial charge on any atom is 0.295 e. The maximum absolute atomic E-state index is 12.8. The molecule has 3 heterocycles. The molecule has 1 aliphatic rings. The fourth-order valence-corrected chi connectivity index (χ4v) is 3.46. The number of hydrogen-bond acceptors (Lipinski definition) is 4. The molecule has 2 aromatic heterocycles. The largest absolute Gasteiger partial charge is 0.353 e. The summed E-state index contributed by atoms with van der Waals surface area (Å²) >= 11 is 0. The molecular formula is C20H20N4O2. The Balaban J connectivity index is 1.49. The molecule has 0 aliphatic carbocycles. The highest BCUT2D eigenvalue weighted by atomic mass is 16.2. The topological polar surface area (TPSA) is 58.4 Å². The van der Waals surface area contributed by atoms with E-state index in [1.807, 2.05) is 54.1 Å². The first-order valence-electron chi connectivity index (χ1n) is 8.69. The molecule has 1 fully saturated rings. The van der Waals surface area contributed by atoms with Gasteiger partial charge >= 0.3 is 0 Å². The van der Waals surface area contributed by atoms with Gasteiger partial charge in [0, 0.05) is 56.5 Å². The van der Waals surface area contributed by atoms with Crippen LogP contribution >= 0.6 is 0 Å². The molecule has 4 rings (SSSR count). The lowest BCUT2D eigenvalue weighted by Crippen LogP contribution is -2.50. The molecule has 1 aromatic carbocycles. The molecule has 1 amide bonds. The summed E-state index contributed by atoms with van der Waals surface area (Å²) in [6, 6.07) is 13.4. The van der Waals surface area contributed by atoms with Crippen molar-refractivity contribution < 1.29 is 9.59 Å². The van der Waals surface area contributed by atoms with Crippen molar-refractivity contribution in [1.29, 1.82) is 0 Å². The molecule has 6 heteroatoms. The Labute approximate surface area is 151 Å². The molecule has 1 aliphatic heterocycles. The molecule has 0 spiro atoms. The predicted octanol–water partition coefficient (Wildman–Crippen LogP) is 2.10. The van der Waals surface area contributed by atoms with Crippen molar-refractivity contribution in [2.75, 3.05) is 31.1 Å². The van der Waals surface area contributed by atoms with Gasteiger partial charge in [-0.05, 0) is 18.2 Å². The summed E-state index contributed by atoms with van der Waals surface area (Å²) in [4.78, 5) is 33.6. The Morgan fingerprint density at radius 1 is 0.962 bits per heavy atom. The molecule has 0 N–H and O–H groups in total. The van der Waals surface area contributed by atoms with Gasteiger partial charge in [0.1, 0.15) is 5.82 Å². The molecule has 1 saturated heterocycles. The van der Waals surface area contributed by atoms with Crippen molar-refractivity contribution in [3.8, 4) is 0 Å². The van der Waals surface area contributed by atoms with Crippen molar-refractivity contribution in [2.45, 2.75) is 0 Å². The number of carbonyl (C=O) groups excluding carboxylic acids is 2. The highest BCUT2D eigenvalue weighted by molar-refractivity contribution is 6.44. The van der Waals surface area contributed by atoms with Crippen LogP contribution in [0.5, 0.6) is 0 Å². The van der Waals surface area contributed by atoms with Crippen molar-refractivity contribution in [1.82, 2.24) is 14.5 Å². The van der Waals surface area contributed by atoms with Crippen LogP contribution in [0.25, 0.3) is 10.9 Å². The van der Waals surface area contributed by atoms with E-state index in [2.05, 4.69) is 9.88 Å². The SMILES string of the molecule is Cn1cc(C(=O)C(=O)N2CCN(c3ccccn3)CC2)c2ccccc21. The first-order valence-corrected chi connectivity index (χ1v) is 8.69. The van der Waals surface area contributed by atoms with Gasteiger partial charge in [0.2, 0.25) is 0 Å². The van der Waals surface area contributed by atoms with Crippen molar-refractivity contribution >= 4 is 28.4 Å². The summed E-state index contributed by atoms with van der Waals surface area (Å²) in [7, 11) is 1.88. The number of nitrogens with zero attached hydrogens (tertiary/aromatic N) is 4. The monoisotopic (exact) mass is 348 g/mol. The van der Waals surface area contributed by atoms with Gasteiger partial charge in [-0.2, -0.15) is 0 Å². The number of benzene rings is 1. The maximum atomic E-state index is 12.8. The number of aromatic nitrogens is 2. The second-order valence-electron chi connectivity index (χ2n) is 6.47. The van der Waals surface area contributed by atoms with E-state index in [1.54, 1.807) is 17.3 Å². The van der Waals surface area contributed by atoms with Crippen LogP contribution in [0.1, 0.15) is 10.4 Å². The van der Waals surface area contributed by atoms with Crippen LogP contribution in [0.15, 0.2) is 54.9 Å². The number of Topliss-reactive ketones (excluding diaryl/α,β-unsaturated/α-hetero) is 1. The molecule has 0 radical (unpaired) electrons. The number of fused-ring (bicyclic) bond motifs is 1. The van der Waals surface area contributed by atoms with Crippen LogP contribution in [-0.4, -0.2) is 52.3 Å². The smallest absolute Gasteiger partial charge is 0.295 e. The van der Waals surface area contributed by atoms with E-state index in [-0.39, 0.29) is 0 Å². The number of para-hydroxylation sites is 1. The first kappa shape index (κ1) is 16.3. The minimum Gasteiger partial charge on any atom is -0.353 e. The van der Waals surface area contributed by atoms with Gasteiger partial charge in [-0.25, -0.2) is 4.98 Å². The number of aryl methyl sites for hydroxylation is 1. The third kappa shape index (κ3) is 2.83. The summed E-state index contributed by atoms with van der Waals surface area (Å²) < 4.78 is 1.88. The average molecular weight is 348 g/mol. The standard InChI is InChI=1S/C20H20N4O2/c1-22-14-16(15-6-2-3-7-17(15)22)19(25)20(26)24-12-10-23(11-13-24)18-8-4-5-9-21-18/h2-9,14H,10-13H2,1H3. The van der Waals surface area contributed by atoms with Crippen LogP contribution in [0.2, 0.25) is 0 Å². The normalized spacial score (nSPS) is 14.7. The molecule has 26 heavy (non-hydrogen) atoms. The lowest BCUT2D eigenvalue weighted by atomic mass is 10.1. The summed E-state index contributed by atoms with van der Waals surface area (Å²) in [5.41, 5.74) is 1.42. The van der Waals surface area contributed by atoms with E-state index in [0.717, 1.165) is 16.7 Å². The number of ketones is 1. The van der Waals surface area contributed by atoms with E-state index in [0.29, 0.717) is 31.7 Å². The molecule has 0 bridgehead atoms. The first-order chi connectivity index (χ1) is 12.6. The van der Waals surface area contributed by atoms with Crippen LogP contribution in [0, 0.1) is 0 Å². The Bertz CT molecular complexity index is 956. The van der Waals surface area contributed by atoms with E-state index < -0.39 is 11.7 Å². The summed E-state index contributed by atoms with van der Waals surface area (Å²) in [5.74, 6) is 0.0371. The third-order valence-corrected chi connectivity index (χ3v) is 4.88. The Hall–Kier alpha value is -3.15. The molecular weight excluding hydrogens is 328 g/mol. The molecule has 3 aromatic rings. The number of carbonyl (C=O) groups is 2. The number of piperazine rings is 1. The third-order valence-electron chi connectivity index (χ3n) is 4.88. The van der Waals surface area contributed by atoms with Crippen LogP contribution < -0.4 is 4.90 Å². The number of pyridine rings is 1. The minimum atomic E-state index is -0.437. The zero-order valence-electron chi connectivity index (χ0n) is 14.6. The molecule has 0 unspecified atom stereocenters. The summed E-state index contributed by atoms with van der Waals surface area (Å²) in [5, 5.41) is 0.820. The van der Waals surface area contributed by atoms with Crippen LogP contribution in [0.4, 0.5) is 5.82 Å². The van der Waals surface area contributed by atoms with Crippen LogP contribution in [0.3, 0.4) is 0 Å². The predicted molar refractivity (Wildman–Crippen MR) is 100 cm³/mol. The van der Waals surface area contributed by atoms with Gasteiger partial charge < -0.3 is 14.4 Å². The molecule has 132 valence electrons. The van der Waals surface area contributed by atoms with Crippen LogP contribution in [-0.2, 0) is 11.8 Å². The fourth-order valence-electron chi connectivity index (χ4n) is 3.46. The number of hydrogen-bond donors (Lipinski definition) is 0. The quantitative estimate of drug-likeness (QED) is 0.537. The summed E-state index contributed by atoms with van der Waals surface area (Å²) in [6.07, 6.45) is 3.51. The lowest BCUT2D eigenvalue weighted by Gasteiger charge is -2.35. The van der Waals surface area contributed by atoms with Gasteiger partial charge in [-0.15, -0.1) is 0 Å². The van der Waals surface area contributed by atoms with Gasteiger partial charge in [-0.1, -0.05) is 24.3 Å². The van der Waals surface area contributed by atoms with Crippen molar-refractivity contribution in [3.05, 3.63) is 60.4 Å². The number of rotatable bonds is 3. The molecule has 0 saturated carbocycles. The Kier molecular flexibility index (Phi) is 4.16. The second kappa shape index (κ2) is 6.63. The van der Waals surface area contributed by atoms with Gasteiger partial charge in [0.05, 0.1) is 5.56 Å².